The number of hydrogen-bond acceptors (Lipinski definition) is 5. The molecular formula is C32H44F3N3O4Si. The minimum Gasteiger partial charge on any atom is -0.444 e. The fourth-order valence-electron chi connectivity index (χ4n) is 5.33. The largest absolute Gasteiger partial charge is 0.444 e. The van der Waals surface area contributed by atoms with Gasteiger partial charge >= 0.3 is 12.3 Å². The number of halogens is 3. The number of carbonyl (C=O) groups excluding carboxylic acids is 1. The Kier molecular flexibility index (Phi) is 9.98. The fourth-order valence-corrected chi connectivity index (χ4v) is 6.09. The summed E-state index contributed by atoms with van der Waals surface area (Å²) < 4.78 is 60.8. The van der Waals surface area contributed by atoms with E-state index in [-0.39, 0.29) is 26.0 Å². The summed E-state index contributed by atoms with van der Waals surface area (Å²) >= 11 is 0. The van der Waals surface area contributed by atoms with Crippen LogP contribution in [-0.2, 0) is 39.1 Å². The van der Waals surface area contributed by atoms with Gasteiger partial charge in [0, 0.05) is 44.1 Å². The molecule has 4 rings (SSSR count). The molecule has 0 unspecified atom stereocenters. The second-order valence-electron chi connectivity index (χ2n) is 13.7. The van der Waals surface area contributed by atoms with E-state index < -0.39 is 30.8 Å². The van der Waals surface area contributed by atoms with Crippen LogP contribution in [0.1, 0.15) is 50.3 Å². The van der Waals surface area contributed by atoms with Crippen LogP contribution >= 0.6 is 0 Å². The highest BCUT2D eigenvalue weighted by molar-refractivity contribution is 6.76. The highest BCUT2D eigenvalue weighted by Crippen LogP contribution is 2.38. The van der Waals surface area contributed by atoms with Gasteiger partial charge in [-0.3, -0.25) is 0 Å². The number of hydrogen-bond donors (Lipinski definition) is 0. The third-order valence-corrected chi connectivity index (χ3v) is 9.45. The number of amides is 1. The zero-order valence-corrected chi connectivity index (χ0v) is 27.1. The predicted molar refractivity (Wildman–Crippen MR) is 164 cm³/mol. The fraction of sp³-hybridized carbons (Fsp3) is 0.562. The van der Waals surface area contributed by atoms with Crippen molar-refractivity contribution in [2.24, 2.45) is 0 Å². The van der Waals surface area contributed by atoms with Crippen molar-refractivity contribution >= 4 is 25.1 Å². The van der Waals surface area contributed by atoms with Gasteiger partial charge in [-0.25, -0.2) is 9.48 Å². The van der Waals surface area contributed by atoms with Crippen LogP contribution < -0.4 is 0 Å². The van der Waals surface area contributed by atoms with E-state index in [9.17, 15) is 18.0 Å². The Bertz CT molecular complexity index is 1370. The van der Waals surface area contributed by atoms with Crippen LogP contribution in [0.25, 0.3) is 10.9 Å². The zero-order valence-electron chi connectivity index (χ0n) is 26.1. The Hall–Kier alpha value is -2.89. The lowest BCUT2D eigenvalue weighted by molar-refractivity contribution is -0.137. The summed E-state index contributed by atoms with van der Waals surface area (Å²) in [6.07, 6.45) is -2.12. The molecule has 7 nitrogen and oxygen atoms in total. The molecule has 1 aromatic heterocycles. The normalized spacial score (nSPS) is 16.1. The minimum atomic E-state index is -4.50. The summed E-state index contributed by atoms with van der Waals surface area (Å²) in [4.78, 5) is 14.4. The topological polar surface area (TPSA) is 65.8 Å². The summed E-state index contributed by atoms with van der Waals surface area (Å²) in [6.45, 7) is 14.3. The lowest BCUT2D eigenvalue weighted by Crippen LogP contribution is -2.48. The van der Waals surface area contributed by atoms with Crippen LogP contribution in [0, 0.1) is 0 Å². The number of nitrogens with zero attached hydrogens (tertiary/aromatic N) is 3. The maximum atomic E-state index is 13.8. The second kappa shape index (κ2) is 13.0. The Labute approximate surface area is 253 Å². The van der Waals surface area contributed by atoms with Gasteiger partial charge in [-0.1, -0.05) is 50.0 Å². The van der Waals surface area contributed by atoms with Crippen LogP contribution in [0.5, 0.6) is 0 Å². The molecule has 1 saturated heterocycles. The van der Waals surface area contributed by atoms with E-state index >= 15 is 0 Å². The van der Waals surface area contributed by atoms with E-state index in [1.54, 1.807) is 9.58 Å². The summed E-state index contributed by atoms with van der Waals surface area (Å²) in [5.74, 6) is 0. The molecule has 2 aromatic carbocycles. The van der Waals surface area contributed by atoms with Gasteiger partial charge in [0.25, 0.3) is 0 Å². The highest BCUT2D eigenvalue weighted by Gasteiger charge is 2.39. The molecule has 0 saturated carbocycles. The molecule has 0 spiro atoms. The Morgan fingerprint density at radius 1 is 1.02 bits per heavy atom. The SMILES string of the molecule is CC(C)(C)OC(=O)N1CCC(COCc2cc(C(F)(F)F)cc3cnn(COCC[Si](C)(C)C)c23)(c2ccccc2)CC1. The van der Waals surface area contributed by atoms with Crippen LogP contribution in [0.15, 0.2) is 48.7 Å². The number of carbonyl (C=O) groups is 1. The molecule has 236 valence electrons. The molecule has 1 aliphatic heterocycles. The maximum absolute atomic E-state index is 13.8. The van der Waals surface area contributed by atoms with Gasteiger partial charge in [-0.2, -0.15) is 18.3 Å². The monoisotopic (exact) mass is 619 g/mol. The Morgan fingerprint density at radius 2 is 1.70 bits per heavy atom. The standard InChI is InChI=1S/C32H44F3N3O4Si/c1-30(2,3)42-29(39)37-14-12-31(13-15-37,26-10-8-7-9-11-26)22-41-21-25-19-27(32(33,34)35)18-24-20-36-38(28(24)25)23-40-16-17-43(4,5)6/h7-11,18-20H,12-17,21-23H2,1-6H3. The van der Waals surface area contributed by atoms with Crippen LogP contribution in [0.4, 0.5) is 18.0 Å². The van der Waals surface area contributed by atoms with Crippen molar-refractivity contribution in [3.8, 4) is 0 Å². The van der Waals surface area contributed by atoms with Gasteiger partial charge in [0.05, 0.1) is 30.5 Å². The highest BCUT2D eigenvalue weighted by atomic mass is 28.3. The van der Waals surface area contributed by atoms with Crippen molar-refractivity contribution in [2.45, 2.75) is 89.8 Å². The van der Waals surface area contributed by atoms with Gasteiger partial charge in [-0.15, -0.1) is 0 Å². The molecule has 11 heteroatoms. The molecule has 2 heterocycles. The molecule has 3 aromatic rings. The first-order valence-electron chi connectivity index (χ1n) is 14.8. The molecule has 1 fully saturated rings. The first-order chi connectivity index (χ1) is 20.1. The van der Waals surface area contributed by atoms with Crippen molar-refractivity contribution < 1.29 is 32.2 Å². The number of likely N-dealkylation sites (tertiary alicyclic amines) is 1. The van der Waals surface area contributed by atoms with Crippen molar-refractivity contribution in [3.63, 3.8) is 0 Å². The van der Waals surface area contributed by atoms with Crippen molar-refractivity contribution in [2.75, 3.05) is 26.3 Å². The average Bonchev–Trinajstić information content (AvgIpc) is 3.33. The molecule has 0 radical (unpaired) electrons. The Balaban J connectivity index is 1.54. The Morgan fingerprint density at radius 3 is 2.30 bits per heavy atom. The van der Waals surface area contributed by atoms with E-state index in [0.717, 1.165) is 23.7 Å². The molecule has 0 aliphatic carbocycles. The summed E-state index contributed by atoms with van der Waals surface area (Å²) in [5, 5.41) is 4.75. The molecule has 1 aliphatic rings. The summed E-state index contributed by atoms with van der Waals surface area (Å²) in [7, 11) is -1.29. The van der Waals surface area contributed by atoms with Gasteiger partial charge in [-0.05, 0) is 57.4 Å². The summed E-state index contributed by atoms with van der Waals surface area (Å²) in [6, 6.07) is 13.2. The van der Waals surface area contributed by atoms with Gasteiger partial charge in [0.1, 0.15) is 12.3 Å². The average molecular weight is 620 g/mol. The van der Waals surface area contributed by atoms with Crippen molar-refractivity contribution in [3.05, 3.63) is 65.4 Å². The number of piperidine rings is 1. The molecular weight excluding hydrogens is 575 g/mol. The molecule has 43 heavy (non-hydrogen) atoms. The van der Waals surface area contributed by atoms with Gasteiger partial charge < -0.3 is 19.1 Å². The maximum Gasteiger partial charge on any atom is 0.416 e. The molecule has 0 N–H and O–H groups in total. The van der Waals surface area contributed by atoms with Crippen LogP contribution in [-0.4, -0.2) is 60.8 Å². The van der Waals surface area contributed by atoms with E-state index in [2.05, 4.69) is 24.7 Å². The van der Waals surface area contributed by atoms with Gasteiger partial charge in [0.2, 0.25) is 0 Å². The number of benzene rings is 2. The third-order valence-electron chi connectivity index (χ3n) is 7.74. The number of fused-ring (bicyclic) bond motifs is 1. The quantitative estimate of drug-likeness (QED) is 0.171. The lowest BCUT2D eigenvalue weighted by atomic mass is 9.73. The van der Waals surface area contributed by atoms with Crippen molar-refractivity contribution in [1.29, 1.82) is 0 Å². The second-order valence-corrected chi connectivity index (χ2v) is 19.3. The van der Waals surface area contributed by atoms with E-state index in [4.69, 9.17) is 14.2 Å². The lowest BCUT2D eigenvalue weighted by Gasteiger charge is -2.42. The molecule has 0 atom stereocenters. The van der Waals surface area contributed by atoms with Crippen molar-refractivity contribution in [1.82, 2.24) is 14.7 Å². The molecule has 1 amide bonds. The first kappa shape index (κ1) is 33.0. The van der Waals surface area contributed by atoms with E-state index in [1.807, 2.05) is 51.1 Å². The molecule has 0 bridgehead atoms. The number of aromatic nitrogens is 2. The summed E-state index contributed by atoms with van der Waals surface area (Å²) in [5.41, 5.74) is 0.340. The predicted octanol–water partition coefficient (Wildman–Crippen LogP) is 7.85. The van der Waals surface area contributed by atoms with Gasteiger partial charge in [0.15, 0.2) is 0 Å². The van der Waals surface area contributed by atoms with E-state index in [0.29, 0.717) is 49.0 Å². The zero-order chi connectivity index (χ0) is 31.5. The number of alkyl halides is 3. The number of rotatable bonds is 10. The minimum absolute atomic E-state index is 0.0224. The first-order valence-corrected chi connectivity index (χ1v) is 18.5. The van der Waals surface area contributed by atoms with E-state index in [1.165, 1.54) is 6.20 Å². The number of ether oxygens (including phenoxy) is 3. The van der Waals surface area contributed by atoms with Crippen LogP contribution in [0.2, 0.25) is 25.7 Å². The smallest absolute Gasteiger partial charge is 0.416 e. The third kappa shape index (κ3) is 8.83. The van der Waals surface area contributed by atoms with Crippen LogP contribution in [0.3, 0.4) is 0 Å².